The quantitative estimate of drug-likeness (QED) is 0.530. The van der Waals surface area contributed by atoms with Crippen molar-refractivity contribution in [2.45, 2.75) is 0 Å². The molecular weight excluding hydrogens is 268 g/mol. The summed E-state index contributed by atoms with van der Waals surface area (Å²) < 4.78 is 0. The lowest BCUT2D eigenvalue weighted by molar-refractivity contribution is 1.42. The lowest BCUT2D eigenvalue weighted by atomic mass is 10.0. The van der Waals surface area contributed by atoms with Gasteiger partial charge in [0.1, 0.15) is 0 Å². The Balaban J connectivity index is 1.75. The first-order chi connectivity index (χ1) is 10.8. The molecule has 3 aromatic carbocycles. The molecule has 0 aliphatic heterocycles. The van der Waals surface area contributed by atoms with Crippen LogP contribution >= 0.6 is 0 Å². The molecule has 0 amide bonds. The van der Waals surface area contributed by atoms with E-state index in [1.165, 1.54) is 5.56 Å². The van der Waals surface area contributed by atoms with Gasteiger partial charge in [-0.3, -0.25) is 5.41 Å². The highest BCUT2D eigenvalue weighted by Gasteiger charge is 2.01. The zero-order chi connectivity index (χ0) is 15.2. The molecule has 3 rings (SSSR count). The van der Waals surface area contributed by atoms with Crippen molar-refractivity contribution in [2.75, 3.05) is 0 Å². The van der Waals surface area contributed by atoms with Crippen molar-refractivity contribution in [3.05, 3.63) is 96.1 Å². The summed E-state index contributed by atoms with van der Waals surface area (Å²) in [4.78, 5) is 4.23. The molecule has 2 nitrogen and oxygen atoms in total. The van der Waals surface area contributed by atoms with Crippen LogP contribution in [0.2, 0.25) is 0 Å². The van der Waals surface area contributed by atoms with Crippen LogP contribution < -0.4 is 0 Å². The Labute approximate surface area is 130 Å². The van der Waals surface area contributed by atoms with Crippen LogP contribution in [0.5, 0.6) is 0 Å². The van der Waals surface area contributed by atoms with Gasteiger partial charge in [-0.05, 0) is 16.7 Å². The first kappa shape index (κ1) is 14.0. The zero-order valence-electron chi connectivity index (χ0n) is 12.1. The summed E-state index contributed by atoms with van der Waals surface area (Å²) in [6, 6.07) is 27.9. The van der Waals surface area contributed by atoms with Crippen molar-refractivity contribution in [2.24, 2.45) is 4.99 Å². The van der Waals surface area contributed by atoms with Crippen LogP contribution in [0, 0.1) is 5.41 Å². The lowest BCUT2D eigenvalue weighted by Crippen LogP contribution is -1.95. The molecule has 0 fully saturated rings. The van der Waals surface area contributed by atoms with E-state index < -0.39 is 0 Å². The van der Waals surface area contributed by atoms with Gasteiger partial charge in [0.15, 0.2) is 5.84 Å². The van der Waals surface area contributed by atoms with Crippen LogP contribution in [0.15, 0.2) is 89.9 Å². The van der Waals surface area contributed by atoms with Gasteiger partial charge < -0.3 is 0 Å². The zero-order valence-corrected chi connectivity index (χ0v) is 12.1. The molecule has 0 spiro atoms. The summed E-state index contributed by atoms with van der Waals surface area (Å²) in [5.74, 6) is 0.267. The molecule has 0 aliphatic rings. The summed E-state index contributed by atoms with van der Waals surface area (Å²) in [5, 5.41) is 8.06. The number of rotatable bonds is 3. The smallest absolute Gasteiger partial charge is 0.151 e. The van der Waals surface area contributed by atoms with Gasteiger partial charge in [0.2, 0.25) is 0 Å². The Bertz CT molecular complexity index is 773. The Kier molecular flexibility index (Phi) is 4.21. The maximum absolute atomic E-state index is 8.06. The monoisotopic (exact) mass is 284 g/mol. The topological polar surface area (TPSA) is 36.2 Å². The molecule has 0 aliphatic carbocycles. The van der Waals surface area contributed by atoms with Crippen molar-refractivity contribution < 1.29 is 0 Å². The molecule has 2 heteroatoms. The van der Waals surface area contributed by atoms with Crippen molar-refractivity contribution >= 4 is 12.1 Å². The fourth-order valence-electron chi connectivity index (χ4n) is 2.20. The van der Waals surface area contributed by atoms with Gasteiger partial charge in [0.05, 0.1) is 0 Å². The minimum Gasteiger partial charge on any atom is -0.282 e. The first-order valence-corrected chi connectivity index (χ1v) is 7.16. The summed E-state index contributed by atoms with van der Waals surface area (Å²) in [5.41, 5.74) is 4.12. The second-order valence-corrected chi connectivity index (χ2v) is 4.96. The first-order valence-electron chi connectivity index (χ1n) is 7.16. The third-order valence-corrected chi connectivity index (χ3v) is 3.41. The van der Waals surface area contributed by atoms with Gasteiger partial charge in [-0.1, -0.05) is 84.9 Å². The van der Waals surface area contributed by atoms with Gasteiger partial charge in [0.25, 0.3) is 0 Å². The highest BCUT2D eigenvalue weighted by Crippen LogP contribution is 2.19. The normalized spacial score (nSPS) is 10.7. The molecule has 0 radical (unpaired) electrons. The molecule has 0 aromatic heterocycles. The van der Waals surface area contributed by atoms with Crippen LogP contribution in [0.25, 0.3) is 11.1 Å². The van der Waals surface area contributed by atoms with E-state index in [9.17, 15) is 0 Å². The van der Waals surface area contributed by atoms with E-state index in [1.807, 2.05) is 72.8 Å². The summed E-state index contributed by atoms with van der Waals surface area (Å²) >= 11 is 0. The van der Waals surface area contributed by atoms with Crippen LogP contribution in [0.4, 0.5) is 0 Å². The number of nitrogens with zero attached hydrogens (tertiary/aromatic N) is 1. The van der Waals surface area contributed by atoms with Gasteiger partial charge in [0, 0.05) is 11.8 Å². The van der Waals surface area contributed by atoms with E-state index in [2.05, 4.69) is 17.1 Å². The summed E-state index contributed by atoms with van der Waals surface area (Å²) in [6.45, 7) is 0. The third kappa shape index (κ3) is 3.36. The summed E-state index contributed by atoms with van der Waals surface area (Å²) in [6.07, 6.45) is 1.72. The predicted octanol–water partition coefficient (Wildman–Crippen LogP) is 4.80. The number of amidine groups is 1. The van der Waals surface area contributed by atoms with Crippen molar-refractivity contribution in [3.63, 3.8) is 0 Å². The van der Waals surface area contributed by atoms with Gasteiger partial charge in [-0.2, -0.15) is 0 Å². The van der Waals surface area contributed by atoms with Crippen LogP contribution in [0.3, 0.4) is 0 Å². The van der Waals surface area contributed by atoms with Gasteiger partial charge >= 0.3 is 0 Å². The van der Waals surface area contributed by atoms with E-state index in [0.717, 1.165) is 16.7 Å². The second kappa shape index (κ2) is 6.64. The van der Waals surface area contributed by atoms with Crippen molar-refractivity contribution in [1.29, 1.82) is 5.41 Å². The molecule has 3 aromatic rings. The molecular formula is C20H16N2. The second-order valence-electron chi connectivity index (χ2n) is 4.96. The van der Waals surface area contributed by atoms with E-state index >= 15 is 0 Å². The number of nitrogens with one attached hydrogen (secondary N) is 1. The summed E-state index contributed by atoms with van der Waals surface area (Å²) in [7, 11) is 0. The standard InChI is InChI=1S/C20H16N2/c21-20(22-15-16-7-3-1-4-8-16)19-13-11-18(12-14-19)17-9-5-2-6-10-17/h1-15,21H/b21-20?,22-15+. The van der Waals surface area contributed by atoms with Gasteiger partial charge in [-0.15, -0.1) is 0 Å². The molecule has 106 valence electrons. The number of benzene rings is 3. The fourth-order valence-corrected chi connectivity index (χ4v) is 2.20. The van der Waals surface area contributed by atoms with E-state index in [4.69, 9.17) is 5.41 Å². The highest BCUT2D eigenvalue weighted by atomic mass is 14.8. The lowest BCUT2D eigenvalue weighted by Gasteiger charge is -2.03. The fraction of sp³-hybridized carbons (Fsp3) is 0. The largest absolute Gasteiger partial charge is 0.282 e. The van der Waals surface area contributed by atoms with E-state index in [-0.39, 0.29) is 5.84 Å². The molecule has 0 heterocycles. The average Bonchev–Trinajstić information content (AvgIpc) is 2.61. The number of hydrogen-bond donors (Lipinski definition) is 1. The molecule has 0 atom stereocenters. The number of hydrogen-bond acceptors (Lipinski definition) is 1. The molecule has 0 bridgehead atoms. The predicted molar refractivity (Wildman–Crippen MR) is 92.7 cm³/mol. The average molecular weight is 284 g/mol. The molecule has 0 unspecified atom stereocenters. The van der Waals surface area contributed by atoms with Crippen LogP contribution in [0.1, 0.15) is 11.1 Å². The Morgan fingerprint density at radius 1 is 0.682 bits per heavy atom. The third-order valence-electron chi connectivity index (χ3n) is 3.41. The minimum atomic E-state index is 0.267. The van der Waals surface area contributed by atoms with E-state index in [0.29, 0.717) is 0 Å². The Hall–Kier alpha value is -3.00. The Morgan fingerprint density at radius 3 is 1.86 bits per heavy atom. The SMILES string of the molecule is N=C(/N=C/c1ccccc1)c1ccc(-c2ccccc2)cc1. The maximum Gasteiger partial charge on any atom is 0.151 e. The molecule has 0 saturated heterocycles. The van der Waals surface area contributed by atoms with Crippen LogP contribution in [-0.2, 0) is 0 Å². The maximum atomic E-state index is 8.06. The molecule has 22 heavy (non-hydrogen) atoms. The molecule has 0 saturated carbocycles. The van der Waals surface area contributed by atoms with Crippen molar-refractivity contribution in [3.8, 4) is 11.1 Å². The minimum absolute atomic E-state index is 0.267. The van der Waals surface area contributed by atoms with E-state index in [1.54, 1.807) is 6.21 Å². The highest BCUT2D eigenvalue weighted by molar-refractivity contribution is 6.03. The number of aliphatic imine (C=N–C) groups is 1. The van der Waals surface area contributed by atoms with Crippen molar-refractivity contribution in [1.82, 2.24) is 0 Å². The van der Waals surface area contributed by atoms with Gasteiger partial charge in [-0.25, -0.2) is 4.99 Å². The molecule has 1 N–H and O–H groups in total. The Morgan fingerprint density at radius 2 is 1.23 bits per heavy atom. The van der Waals surface area contributed by atoms with Crippen LogP contribution in [-0.4, -0.2) is 12.1 Å².